The van der Waals surface area contributed by atoms with Gasteiger partial charge in [0.15, 0.2) is 0 Å². The van der Waals surface area contributed by atoms with Gasteiger partial charge in [0.1, 0.15) is 0 Å². The molecular weight excluding hydrogens is 392 g/mol. The molecule has 3 aliphatic carbocycles. The molecule has 0 saturated heterocycles. The second-order valence-electron chi connectivity index (χ2n) is 12.8. The number of fused-ring (bicyclic) bond motifs is 2. The molecule has 0 radical (unpaired) electrons. The Hall–Kier alpha value is -0.870. The number of aromatic nitrogens is 2. The molecule has 0 spiro atoms. The zero-order valence-electron chi connectivity index (χ0n) is 21.5. The van der Waals surface area contributed by atoms with E-state index in [0.717, 1.165) is 49.6 Å². The molecule has 4 heteroatoms. The molecule has 4 rings (SSSR count). The Morgan fingerprint density at radius 3 is 2.47 bits per heavy atom. The molecule has 0 aromatic carbocycles. The topological polar surface area (TPSA) is 80.7 Å². The molecule has 1 heterocycles. The molecule has 8 atom stereocenters. The summed E-state index contributed by atoms with van der Waals surface area (Å²) in [6.07, 6.45) is 13.9. The normalized spacial score (nSPS) is 40.3. The van der Waals surface area contributed by atoms with E-state index in [0.29, 0.717) is 23.2 Å². The fourth-order valence-electron chi connectivity index (χ4n) is 8.95. The van der Waals surface area contributed by atoms with E-state index in [1.807, 2.05) is 0 Å². The van der Waals surface area contributed by atoms with Crippen LogP contribution in [0.1, 0.15) is 90.8 Å². The summed E-state index contributed by atoms with van der Waals surface area (Å²) in [5.74, 6) is 5.16. The van der Waals surface area contributed by atoms with Crippen molar-refractivity contribution in [2.24, 2.45) is 63.7 Å². The Morgan fingerprint density at radius 1 is 1.03 bits per heavy atom. The van der Waals surface area contributed by atoms with Gasteiger partial charge in [-0.1, -0.05) is 53.9 Å². The van der Waals surface area contributed by atoms with Gasteiger partial charge in [0.2, 0.25) is 0 Å². The van der Waals surface area contributed by atoms with Gasteiger partial charge in [-0.2, -0.15) is 5.10 Å². The Bertz CT molecular complexity index is 756. The number of hydrogen-bond donors (Lipinski definition) is 3. The third-order valence-corrected chi connectivity index (χ3v) is 10.8. The number of nitrogens with zero attached hydrogens (tertiary/aromatic N) is 1. The lowest BCUT2D eigenvalue weighted by Gasteiger charge is -2.57. The monoisotopic (exact) mass is 442 g/mol. The lowest BCUT2D eigenvalue weighted by Crippen LogP contribution is -2.54. The van der Waals surface area contributed by atoms with Gasteiger partial charge in [-0.05, 0) is 109 Å². The molecule has 4 nitrogen and oxygen atoms in total. The lowest BCUT2D eigenvalue weighted by atomic mass is 9.48. The molecular formula is C28H50N4. The zero-order chi connectivity index (χ0) is 23.1. The average molecular weight is 443 g/mol. The predicted molar refractivity (Wildman–Crippen MR) is 134 cm³/mol. The van der Waals surface area contributed by atoms with Crippen LogP contribution >= 0.6 is 0 Å². The van der Waals surface area contributed by atoms with E-state index in [2.05, 4.69) is 51.0 Å². The fourth-order valence-corrected chi connectivity index (χ4v) is 8.95. The van der Waals surface area contributed by atoms with Crippen LogP contribution in [0.5, 0.6) is 0 Å². The van der Waals surface area contributed by atoms with E-state index in [4.69, 9.17) is 11.5 Å². The minimum atomic E-state index is 0.234. The molecule has 182 valence electrons. The van der Waals surface area contributed by atoms with Crippen molar-refractivity contribution >= 4 is 0 Å². The smallest absolute Gasteiger partial charge is 0.0522 e. The van der Waals surface area contributed by atoms with Crippen LogP contribution in [0.2, 0.25) is 0 Å². The second kappa shape index (κ2) is 9.41. The predicted octanol–water partition coefficient (Wildman–Crippen LogP) is 5.57. The molecule has 2 fully saturated rings. The summed E-state index contributed by atoms with van der Waals surface area (Å²) >= 11 is 0. The number of H-pyrrole nitrogens is 1. The minimum absolute atomic E-state index is 0.234. The first-order chi connectivity index (χ1) is 15.2. The highest BCUT2D eigenvalue weighted by Crippen LogP contribution is 2.64. The van der Waals surface area contributed by atoms with Crippen LogP contribution in [0.3, 0.4) is 0 Å². The van der Waals surface area contributed by atoms with Crippen LogP contribution in [0, 0.1) is 52.3 Å². The number of nitrogens with two attached hydrogens (primary N) is 2. The van der Waals surface area contributed by atoms with Crippen molar-refractivity contribution < 1.29 is 0 Å². The summed E-state index contributed by atoms with van der Waals surface area (Å²) < 4.78 is 0. The maximum atomic E-state index is 6.62. The summed E-state index contributed by atoms with van der Waals surface area (Å²) in [5.41, 5.74) is 16.5. The minimum Gasteiger partial charge on any atom is -0.330 e. The van der Waals surface area contributed by atoms with Crippen molar-refractivity contribution in [3.63, 3.8) is 0 Å². The van der Waals surface area contributed by atoms with Crippen molar-refractivity contribution in [1.82, 2.24) is 10.2 Å². The second-order valence-corrected chi connectivity index (χ2v) is 12.8. The highest BCUT2D eigenvalue weighted by Gasteiger charge is 2.58. The molecule has 1 aromatic rings. The van der Waals surface area contributed by atoms with E-state index >= 15 is 0 Å². The van der Waals surface area contributed by atoms with Crippen LogP contribution in [0.15, 0.2) is 6.20 Å². The van der Waals surface area contributed by atoms with Crippen molar-refractivity contribution in [3.05, 3.63) is 17.5 Å². The molecule has 32 heavy (non-hydrogen) atoms. The van der Waals surface area contributed by atoms with Gasteiger partial charge in [-0.25, -0.2) is 0 Å². The summed E-state index contributed by atoms with van der Waals surface area (Å²) in [4.78, 5) is 0. The maximum absolute atomic E-state index is 6.62. The van der Waals surface area contributed by atoms with Crippen LogP contribution in [0.25, 0.3) is 0 Å². The van der Waals surface area contributed by atoms with Crippen molar-refractivity contribution in [2.75, 3.05) is 13.1 Å². The summed E-state index contributed by atoms with van der Waals surface area (Å²) in [6, 6.07) is 0. The third kappa shape index (κ3) is 4.08. The number of rotatable bonds is 8. The lowest BCUT2D eigenvalue weighted by molar-refractivity contribution is -0.0663. The van der Waals surface area contributed by atoms with Crippen molar-refractivity contribution in [2.45, 2.75) is 92.4 Å². The van der Waals surface area contributed by atoms with Crippen molar-refractivity contribution in [1.29, 1.82) is 0 Å². The van der Waals surface area contributed by atoms with Crippen LogP contribution in [0.4, 0.5) is 0 Å². The fraction of sp³-hybridized carbons (Fsp3) is 0.893. The largest absolute Gasteiger partial charge is 0.330 e. The van der Waals surface area contributed by atoms with Crippen LogP contribution in [-0.4, -0.2) is 23.3 Å². The molecule has 0 aliphatic heterocycles. The Balaban J connectivity index is 1.53. The van der Waals surface area contributed by atoms with Gasteiger partial charge >= 0.3 is 0 Å². The van der Waals surface area contributed by atoms with Gasteiger partial charge in [-0.3, -0.25) is 5.10 Å². The highest BCUT2D eigenvalue weighted by molar-refractivity contribution is 5.25. The van der Waals surface area contributed by atoms with Gasteiger partial charge in [-0.15, -0.1) is 0 Å². The Morgan fingerprint density at radius 2 is 1.78 bits per heavy atom. The standard InChI is InChI=1S/C28H50N4/c1-18(2)7-6-8-19(3)23-9-10-24-22(16-30)25(11-12-27(23,24)4)28(5)14-20-17-31-32-26(20)13-21(28)15-29/h17-19,21-25H,6-16,29-30H2,1-5H3,(H,31,32)/t19-,21-,22+,23-,24+,25+,27-,28+/m1/s1. The summed E-state index contributed by atoms with van der Waals surface area (Å²) in [5, 5.41) is 7.60. The highest BCUT2D eigenvalue weighted by atomic mass is 15.1. The van der Waals surface area contributed by atoms with E-state index in [1.165, 1.54) is 56.2 Å². The Kier molecular flexibility index (Phi) is 7.13. The van der Waals surface area contributed by atoms with Crippen LogP contribution < -0.4 is 11.5 Å². The summed E-state index contributed by atoms with van der Waals surface area (Å²) in [6.45, 7) is 14.1. The van der Waals surface area contributed by atoms with E-state index in [9.17, 15) is 0 Å². The molecule has 5 N–H and O–H groups in total. The van der Waals surface area contributed by atoms with E-state index in [-0.39, 0.29) is 5.41 Å². The van der Waals surface area contributed by atoms with Crippen LogP contribution in [-0.2, 0) is 12.8 Å². The number of nitrogens with one attached hydrogen (secondary N) is 1. The molecule has 0 amide bonds. The van der Waals surface area contributed by atoms with E-state index < -0.39 is 0 Å². The van der Waals surface area contributed by atoms with Gasteiger partial charge in [0.25, 0.3) is 0 Å². The molecule has 3 aliphatic rings. The van der Waals surface area contributed by atoms with Gasteiger partial charge in [0.05, 0.1) is 6.20 Å². The van der Waals surface area contributed by atoms with Gasteiger partial charge < -0.3 is 11.5 Å². The van der Waals surface area contributed by atoms with E-state index in [1.54, 1.807) is 0 Å². The molecule has 0 unspecified atom stereocenters. The summed E-state index contributed by atoms with van der Waals surface area (Å²) in [7, 11) is 0. The van der Waals surface area contributed by atoms with Gasteiger partial charge in [0, 0.05) is 5.69 Å². The first-order valence-corrected chi connectivity index (χ1v) is 13.7. The molecule has 1 aromatic heterocycles. The first kappa shape index (κ1) is 24.3. The molecule has 2 saturated carbocycles. The SMILES string of the molecule is CC(C)CCC[C@@H](C)[C@H]1CC[C@H]2[C@H](CN)[C@@H]([C@@]3(C)Cc4cn[nH]c4C[C@@H]3CN)CC[C@]12C. The average Bonchev–Trinajstić information content (AvgIpc) is 3.34. The molecule has 0 bridgehead atoms. The van der Waals surface area contributed by atoms with Crippen molar-refractivity contribution in [3.8, 4) is 0 Å². The quantitative estimate of drug-likeness (QED) is 0.492. The third-order valence-electron chi connectivity index (χ3n) is 10.8. The first-order valence-electron chi connectivity index (χ1n) is 13.7. The maximum Gasteiger partial charge on any atom is 0.0522 e. The zero-order valence-corrected chi connectivity index (χ0v) is 21.5. The Labute approximate surface area is 197 Å². The number of aromatic amines is 1. The number of hydrogen-bond acceptors (Lipinski definition) is 3.